The first kappa shape index (κ1) is 22.6. The molecule has 2 amide bonds. The first-order chi connectivity index (χ1) is 15.5. The number of rotatable bonds is 7. The van der Waals surface area contributed by atoms with Crippen LogP contribution < -0.4 is 5.32 Å². The van der Waals surface area contributed by atoms with Gasteiger partial charge in [0.15, 0.2) is 0 Å². The van der Waals surface area contributed by atoms with Crippen molar-refractivity contribution in [3.63, 3.8) is 0 Å². The van der Waals surface area contributed by atoms with E-state index in [4.69, 9.17) is 4.98 Å². The van der Waals surface area contributed by atoms with Crippen LogP contribution in [-0.4, -0.2) is 38.3 Å². The highest BCUT2D eigenvalue weighted by Crippen LogP contribution is 2.31. The number of imidazole rings is 1. The Morgan fingerprint density at radius 3 is 2.22 bits per heavy atom. The lowest BCUT2D eigenvalue weighted by atomic mass is 9.88. The number of carbonyl (C=O) groups is 2. The third kappa shape index (κ3) is 5.05. The molecule has 0 atom stereocenters. The Morgan fingerprint density at radius 2 is 1.62 bits per heavy atom. The Hall–Kier alpha value is -2.63. The molecule has 6 nitrogen and oxygen atoms in total. The van der Waals surface area contributed by atoms with Gasteiger partial charge in [-0.1, -0.05) is 57.2 Å². The Kier molecular flexibility index (Phi) is 7.28. The summed E-state index contributed by atoms with van der Waals surface area (Å²) in [6.07, 6.45) is 11.9. The fraction of sp³-hybridized carbons (Fsp3) is 0.577. The van der Waals surface area contributed by atoms with E-state index in [2.05, 4.69) is 16.8 Å². The summed E-state index contributed by atoms with van der Waals surface area (Å²) in [4.78, 5) is 32.9. The van der Waals surface area contributed by atoms with E-state index in [0.29, 0.717) is 23.5 Å². The standard InChI is InChI=1S/C26H36N4O2/c1-19(2)26(32)27-17-24-28-22-15-9-10-16-23(22)29(24)18-25(31)30(20-11-5-3-6-12-20)21-13-7-4-8-14-21/h9-10,15-16,20-21H,1,3-8,11-14,17-18H2,2H3,(H,27,32). The summed E-state index contributed by atoms with van der Waals surface area (Å²) in [7, 11) is 0. The van der Waals surface area contributed by atoms with Crippen LogP contribution in [0.4, 0.5) is 0 Å². The molecule has 4 rings (SSSR count). The highest BCUT2D eigenvalue weighted by Gasteiger charge is 2.33. The van der Waals surface area contributed by atoms with Gasteiger partial charge in [-0.3, -0.25) is 9.59 Å². The Bertz CT molecular complexity index is 949. The highest BCUT2D eigenvalue weighted by atomic mass is 16.2. The third-order valence-corrected chi connectivity index (χ3v) is 7.05. The average Bonchev–Trinajstić information content (AvgIpc) is 3.16. The minimum Gasteiger partial charge on any atom is -0.345 e. The number of aromatic nitrogens is 2. The Labute approximate surface area is 191 Å². The lowest BCUT2D eigenvalue weighted by Crippen LogP contribution is -2.50. The SMILES string of the molecule is C=C(C)C(=O)NCc1nc2ccccc2n1CC(=O)N(C1CCCCC1)C1CCCCC1. The molecule has 2 aliphatic rings. The van der Waals surface area contributed by atoms with Gasteiger partial charge in [0.05, 0.1) is 17.6 Å². The lowest BCUT2D eigenvalue weighted by Gasteiger charge is -2.42. The molecule has 1 aromatic heterocycles. The maximum Gasteiger partial charge on any atom is 0.246 e. The van der Waals surface area contributed by atoms with Crippen LogP contribution in [0.5, 0.6) is 0 Å². The second-order valence-corrected chi connectivity index (χ2v) is 9.45. The van der Waals surface area contributed by atoms with Gasteiger partial charge in [0.25, 0.3) is 0 Å². The normalized spacial score (nSPS) is 17.9. The number of para-hydroxylation sites is 2. The number of nitrogens with zero attached hydrogens (tertiary/aromatic N) is 3. The lowest BCUT2D eigenvalue weighted by molar-refractivity contribution is -0.138. The number of amides is 2. The van der Waals surface area contributed by atoms with Crippen LogP contribution in [-0.2, 0) is 22.7 Å². The van der Waals surface area contributed by atoms with Crippen LogP contribution >= 0.6 is 0 Å². The van der Waals surface area contributed by atoms with Crippen LogP contribution in [0.3, 0.4) is 0 Å². The van der Waals surface area contributed by atoms with Crippen LogP contribution in [0.25, 0.3) is 11.0 Å². The second-order valence-electron chi connectivity index (χ2n) is 9.45. The van der Waals surface area contributed by atoms with Crippen molar-refractivity contribution in [3.05, 3.63) is 42.2 Å². The molecule has 0 saturated heterocycles. The van der Waals surface area contributed by atoms with Crippen LogP contribution in [0.15, 0.2) is 36.4 Å². The van der Waals surface area contributed by atoms with E-state index in [0.717, 1.165) is 36.7 Å². The van der Waals surface area contributed by atoms with Crippen molar-refractivity contribution in [1.82, 2.24) is 19.8 Å². The Morgan fingerprint density at radius 1 is 1.03 bits per heavy atom. The fourth-order valence-corrected chi connectivity index (χ4v) is 5.39. The van der Waals surface area contributed by atoms with Crippen molar-refractivity contribution >= 4 is 22.8 Å². The number of hydrogen-bond donors (Lipinski definition) is 1. The summed E-state index contributed by atoms with van der Waals surface area (Å²) >= 11 is 0. The molecule has 2 aromatic rings. The number of benzene rings is 1. The molecule has 1 heterocycles. The van der Waals surface area contributed by atoms with Crippen molar-refractivity contribution in [2.24, 2.45) is 0 Å². The van der Waals surface area contributed by atoms with Gasteiger partial charge in [-0.25, -0.2) is 4.98 Å². The molecule has 2 saturated carbocycles. The number of hydrogen-bond acceptors (Lipinski definition) is 3. The highest BCUT2D eigenvalue weighted by molar-refractivity contribution is 5.92. The van der Waals surface area contributed by atoms with E-state index in [1.54, 1.807) is 6.92 Å². The molecule has 1 aromatic carbocycles. The molecule has 1 N–H and O–H groups in total. The van der Waals surface area contributed by atoms with Crippen molar-refractivity contribution < 1.29 is 9.59 Å². The minimum atomic E-state index is -0.194. The third-order valence-electron chi connectivity index (χ3n) is 7.05. The summed E-state index contributed by atoms with van der Waals surface area (Å²) in [5.41, 5.74) is 2.25. The zero-order valence-corrected chi connectivity index (χ0v) is 19.3. The molecular formula is C26H36N4O2. The van der Waals surface area contributed by atoms with E-state index in [1.807, 2.05) is 28.8 Å². The van der Waals surface area contributed by atoms with Gasteiger partial charge in [0.2, 0.25) is 11.8 Å². The largest absolute Gasteiger partial charge is 0.345 e. The van der Waals surface area contributed by atoms with Gasteiger partial charge in [-0.15, -0.1) is 0 Å². The topological polar surface area (TPSA) is 67.2 Å². The van der Waals surface area contributed by atoms with Crippen LogP contribution in [0.1, 0.15) is 77.0 Å². The molecule has 0 radical (unpaired) electrons. The van der Waals surface area contributed by atoms with E-state index in [-0.39, 0.29) is 24.9 Å². The van der Waals surface area contributed by atoms with E-state index in [1.165, 1.54) is 38.5 Å². The molecule has 0 bridgehead atoms. The van der Waals surface area contributed by atoms with Crippen molar-refractivity contribution in [2.45, 2.75) is 96.3 Å². The molecule has 172 valence electrons. The summed E-state index contributed by atoms with van der Waals surface area (Å²) in [5, 5.41) is 2.88. The molecular weight excluding hydrogens is 400 g/mol. The van der Waals surface area contributed by atoms with Crippen LogP contribution in [0, 0.1) is 0 Å². The van der Waals surface area contributed by atoms with Crippen molar-refractivity contribution in [2.75, 3.05) is 0 Å². The summed E-state index contributed by atoms with van der Waals surface area (Å²) in [6.45, 7) is 5.94. The fourth-order valence-electron chi connectivity index (χ4n) is 5.39. The monoisotopic (exact) mass is 436 g/mol. The predicted molar refractivity (Wildman–Crippen MR) is 127 cm³/mol. The van der Waals surface area contributed by atoms with Gasteiger partial charge in [-0.2, -0.15) is 0 Å². The predicted octanol–water partition coefficient (Wildman–Crippen LogP) is 4.72. The molecule has 32 heavy (non-hydrogen) atoms. The molecule has 2 aliphatic carbocycles. The first-order valence-electron chi connectivity index (χ1n) is 12.2. The smallest absolute Gasteiger partial charge is 0.246 e. The van der Waals surface area contributed by atoms with Crippen molar-refractivity contribution in [1.29, 1.82) is 0 Å². The maximum atomic E-state index is 13.8. The maximum absolute atomic E-state index is 13.8. The zero-order valence-electron chi connectivity index (χ0n) is 19.3. The van der Waals surface area contributed by atoms with Crippen LogP contribution in [0.2, 0.25) is 0 Å². The average molecular weight is 437 g/mol. The van der Waals surface area contributed by atoms with E-state index in [9.17, 15) is 9.59 Å². The summed E-state index contributed by atoms with van der Waals surface area (Å²) < 4.78 is 2.00. The number of fused-ring (bicyclic) bond motifs is 1. The Balaban J connectivity index is 1.60. The van der Waals surface area contributed by atoms with Gasteiger partial charge in [-0.05, 0) is 44.7 Å². The summed E-state index contributed by atoms with van der Waals surface area (Å²) in [5.74, 6) is 0.710. The van der Waals surface area contributed by atoms with E-state index < -0.39 is 0 Å². The molecule has 0 aliphatic heterocycles. The van der Waals surface area contributed by atoms with Gasteiger partial charge in [0.1, 0.15) is 12.4 Å². The first-order valence-corrected chi connectivity index (χ1v) is 12.2. The van der Waals surface area contributed by atoms with Gasteiger partial charge < -0.3 is 14.8 Å². The van der Waals surface area contributed by atoms with Crippen molar-refractivity contribution in [3.8, 4) is 0 Å². The number of carbonyl (C=O) groups excluding carboxylic acids is 2. The number of nitrogens with one attached hydrogen (secondary N) is 1. The zero-order chi connectivity index (χ0) is 22.5. The van der Waals surface area contributed by atoms with E-state index >= 15 is 0 Å². The second kappa shape index (κ2) is 10.3. The molecule has 0 spiro atoms. The van der Waals surface area contributed by atoms with Gasteiger partial charge >= 0.3 is 0 Å². The minimum absolute atomic E-state index is 0.194. The van der Waals surface area contributed by atoms with Gasteiger partial charge in [0, 0.05) is 17.7 Å². The molecule has 2 fully saturated rings. The molecule has 0 unspecified atom stereocenters. The summed E-state index contributed by atoms with van der Waals surface area (Å²) in [6, 6.07) is 8.61. The molecule has 6 heteroatoms. The quantitative estimate of drug-likeness (QED) is 0.639.